The molecule has 0 unspecified atom stereocenters. The number of amides is 3. The highest BCUT2D eigenvalue weighted by Gasteiger charge is 2.32. The van der Waals surface area contributed by atoms with Crippen molar-refractivity contribution < 1.29 is 32.3 Å². The molecule has 1 aromatic carbocycles. The fourth-order valence-electron chi connectivity index (χ4n) is 5.43. The molecule has 2 aliphatic rings. The number of nitrogens with one attached hydrogen (secondary N) is 2. The number of nitrogens with zero attached hydrogens (tertiary/aromatic N) is 6. The molecule has 3 amide bonds. The molecule has 2 aromatic heterocycles. The molecular weight excluding hydrogens is 633 g/mol. The van der Waals surface area contributed by atoms with E-state index in [1.165, 1.54) is 4.90 Å². The van der Waals surface area contributed by atoms with Crippen molar-refractivity contribution >= 4 is 52.0 Å². The van der Waals surface area contributed by atoms with Crippen molar-refractivity contribution in [2.75, 3.05) is 56.2 Å². The zero-order valence-electron chi connectivity index (χ0n) is 25.1. The van der Waals surface area contributed by atoms with Gasteiger partial charge >= 0.3 is 18.0 Å². The first-order valence-corrected chi connectivity index (χ1v) is 15.1. The van der Waals surface area contributed by atoms with Crippen molar-refractivity contribution in [3.8, 4) is 0 Å². The number of ether oxygens (including phenoxy) is 1. The van der Waals surface area contributed by atoms with E-state index in [1.807, 2.05) is 13.0 Å². The van der Waals surface area contributed by atoms with Crippen LogP contribution in [0.5, 0.6) is 0 Å². The van der Waals surface area contributed by atoms with Gasteiger partial charge < -0.3 is 29.7 Å². The summed E-state index contributed by atoms with van der Waals surface area (Å²) in [5, 5.41) is 9.26. The second-order valence-corrected chi connectivity index (χ2v) is 11.0. The number of fused-ring (bicyclic) bond motifs is 1. The van der Waals surface area contributed by atoms with Crippen LogP contribution in [0.1, 0.15) is 37.4 Å². The van der Waals surface area contributed by atoms with Crippen molar-refractivity contribution in [1.29, 1.82) is 0 Å². The predicted molar refractivity (Wildman–Crippen MR) is 163 cm³/mol. The van der Waals surface area contributed by atoms with Crippen LogP contribution in [0, 0.1) is 0 Å². The highest BCUT2D eigenvalue weighted by atomic mass is 35.5. The van der Waals surface area contributed by atoms with Crippen LogP contribution < -0.4 is 21.1 Å². The van der Waals surface area contributed by atoms with E-state index in [2.05, 4.69) is 20.7 Å². The quantitative estimate of drug-likeness (QED) is 0.367. The van der Waals surface area contributed by atoms with Crippen LogP contribution in [0.3, 0.4) is 0 Å². The Hall–Kier alpha value is -4.44. The van der Waals surface area contributed by atoms with E-state index in [9.17, 15) is 32.3 Å². The Kier molecular flexibility index (Phi) is 9.67. The number of likely N-dealkylation sites (N-methyl/N-ethyl adjacent to an activating group) is 1. The molecule has 1 saturated heterocycles. The van der Waals surface area contributed by atoms with E-state index in [0.717, 1.165) is 28.3 Å². The summed E-state index contributed by atoms with van der Waals surface area (Å²) in [5.41, 5.74) is 0.0646. The molecule has 5 rings (SSSR count). The SMILES string of the molecule is CCNC(=O)C(=O)N1CCN(c2c(CC)n(CC(=O)Nc3ccc(C(F)(F)F)cc3Cl)c3nc(C4=CCOCC4)nn3c2=O)CC1. The van der Waals surface area contributed by atoms with Gasteiger partial charge in [-0.3, -0.25) is 19.2 Å². The summed E-state index contributed by atoms with van der Waals surface area (Å²) in [6.07, 6.45) is -1.97. The van der Waals surface area contributed by atoms with Crippen molar-refractivity contribution in [3.63, 3.8) is 0 Å². The van der Waals surface area contributed by atoms with Gasteiger partial charge in [-0.15, -0.1) is 5.10 Å². The molecule has 0 bridgehead atoms. The molecule has 0 spiro atoms. The molecule has 0 saturated carbocycles. The molecule has 2 aliphatic heterocycles. The van der Waals surface area contributed by atoms with Gasteiger partial charge in [0.2, 0.25) is 11.7 Å². The second kappa shape index (κ2) is 13.5. The lowest BCUT2D eigenvalue weighted by Gasteiger charge is -2.36. The molecule has 4 heterocycles. The Bertz CT molecular complexity index is 1760. The number of rotatable bonds is 7. The molecule has 0 atom stereocenters. The Labute approximate surface area is 265 Å². The van der Waals surface area contributed by atoms with Crippen molar-refractivity contribution in [2.45, 2.75) is 39.4 Å². The Balaban J connectivity index is 1.51. The van der Waals surface area contributed by atoms with Crippen LogP contribution in [-0.2, 0) is 38.3 Å². The van der Waals surface area contributed by atoms with Gasteiger partial charge in [-0.2, -0.15) is 22.7 Å². The minimum atomic E-state index is -4.61. The number of anilines is 2. The topological polar surface area (TPSA) is 143 Å². The van der Waals surface area contributed by atoms with E-state index >= 15 is 0 Å². The van der Waals surface area contributed by atoms with Gasteiger partial charge in [-0.05, 0) is 43.5 Å². The normalized spacial score (nSPS) is 15.6. The largest absolute Gasteiger partial charge is 0.416 e. The summed E-state index contributed by atoms with van der Waals surface area (Å²) in [6, 6.07) is 2.62. The molecule has 0 radical (unpaired) electrons. The number of benzene rings is 1. The third-order valence-electron chi connectivity index (χ3n) is 7.70. The highest BCUT2D eigenvalue weighted by molar-refractivity contribution is 6.35. The number of halogens is 4. The fourth-order valence-corrected chi connectivity index (χ4v) is 5.66. The van der Waals surface area contributed by atoms with Gasteiger partial charge in [0.1, 0.15) is 12.2 Å². The van der Waals surface area contributed by atoms with Gasteiger partial charge in [0, 0.05) is 32.7 Å². The van der Waals surface area contributed by atoms with Crippen LogP contribution >= 0.6 is 11.6 Å². The molecule has 3 aromatic rings. The van der Waals surface area contributed by atoms with Gasteiger partial charge in [0.05, 0.1) is 35.2 Å². The molecule has 246 valence electrons. The minimum absolute atomic E-state index is 0.0163. The summed E-state index contributed by atoms with van der Waals surface area (Å²) in [7, 11) is 0. The molecule has 46 heavy (non-hydrogen) atoms. The number of carbonyl (C=O) groups excluding carboxylic acids is 3. The lowest BCUT2D eigenvalue weighted by atomic mass is 10.1. The third kappa shape index (κ3) is 6.72. The second-order valence-electron chi connectivity index (χ2n) is 10.6. The van der Waals surface area contributed by atoms with Crippen molar-refractivity contribution in [3.05, 3.63) is 56.7 Å². The monoisotopic (exact) mass is 664 g/mol. The minimum Gasteiger partial charge on any atom is -0.377 e. The standard InChI is InChI=1S/C29H32ClF3N8O5/c1-3-21-23(38-9-11-39(12-10-38)27(45)25(43)34-4-2)26(44)41-28(36-24(37-41)17-7-13-46-14-8-17)40(21)16-22(42)35-20-6-5-18(15-19(20)30)29(31,32)33/h5-7,15H,3-4,8-14,16H2,1-2H3,(H,34,43)(H,35,42). The van der Waals surface area contributed by atoms with Crippen LogP contribution in [0.4, 0.5) is 24.5 Å². The van der Waals surface area contributed by atoms with Crippen LogP contribution in [0.25, 0.3) is 11.4 Å². The van der Waals surface area contributed by atoms with Crippen molar-refractivity contribution in [1.82, 2.24) is 29.4 Å². The molecule has 17 heteroatoms. The first kappa shape index (κ1) is 32.9. The number of hydrogen-bond acceptors (Lipinski definition) is 8. The third-order valence-corrected chi connectivity index (χ3v) is 8.01. The van der Waals surface area contributed by atoms with E-state index in [1.54, 1.807) is 16.4 Å². The maximum Gasteiger partial charge on any atom is 0.416 e. The summed E-state index contributed by atoms with van der Waals surface area (Å²) in [6.45, 7) is 5.10. The van der Waals surface area contributed by atoms with Gasteiger partial charge in [-0.1, -0.05) is 24.6 Å². The first-order chi connectivity index (χ1) is 21.9. The zero-order chi connectivity index (χ0) is 33.2. The van der Waals surface area contributed by atoms with E-state index < -0.39 is 35.0 Å². The van der Waals surface area contributed by atoms with Gasteiger partial charge in [-0.25, -0.2) is 0 Å². The smallest absolute Gasteiger partial charge is 0.377 e. The number of piperazine rings is 1. The van der Waals surface area contributed by atoms with Crippen LogP contribution in [-0.4, -0.2) is 87.7 Å². The summed E-state index contributed by atoms with van der Waals surface area (Å²) < 4.78 is 47.4. The van der Waals surface area contributed by atoms with E-state index in [-0.39, 0.29) is 54.9 Å². The predicted octanol–water partition coefficient (Wildman–Crippen LogP) is 2.35. The average molecular weight is 665 g/mol. The van der Waals surface area contributed by atoms with E-state index in [0.29, 0.717) is 44.1 Å². The zero-order valence-corrected chi connectivity index (χ0v) is 25.9. The molecule has 13 nitrogen and oxygen atoms in total. The lowest BCUT2D eigenvalue weighted by Crippen LogP contribution is -2.54. The number of hydrogen-bond donors (Lipinski definition) is 2. The Morgan fingerprint density at radius 3 is 2.46 bits per heavy atom. The van der Waals surface area contributed by atoms with E-state index in [4.69, 9.17) is 16.3 Å². The molecule has 2 N–H and O–H groups in total. The lowest BCUT2D eigenvalue weighted by molar-refractivity contribution is -0.146. The maximum atomic E-state index is 14.0. The summed E-state index contributed by atoms with van der Waals surface area (Å²) in [4.78, 5) is 59.8. The van der Waals surface area contributed by atoms with Crippen LogP contribution in [0.2, 0.25) is 5.02 Å². The van der Waals surface area contributed by atoms with Gasteiger partial charge in [0.15, 0.2) is 5.82 Å². The molecule has 0 aliphatic carbocycles. The summed E-state index contributed by atoms with van der Waals surface area (Å²) in [5.74, 6) is -1.58. The Morgan fingerprint density at radius 1 is 1.11 bits per heavy atom. The van der Waals surface area contributed by atoms with Gasteiger partial charge in [0.25, 0.3) is 5.56 Å². The molecule has 1 fully saturated rings. The average Bonchev–Trinajstić information content (AvgIpc) is 3.49. The summed E-state index contributed by atoms with van der Waals surface area (Å²) >= 11 is 6.08. The van der Waals surface area contributed by atoms with Crippen LogP contribution in [0.15, 0.2) is 29.1 Å². The molecular formula is C29H32ClF3N8O5. The number of aromatic nitrogens is 4. The Morgan fingerprint density at radius 2 is 1.85 bits per heavy atom. The maximum absolute atomic E-state index is 14.0. The number of carbonyl (C=O) groups is 3. The van der Waals surface area contributed by atoms with Crippen molar-refractivity contribution in [2.24, 2.45) is 0 Å². The number of alkyl halides is 3. The first-order valence-electron chi connectivity index (χ1n) is 14.7. The highest BCUT2D eigenvalue weighted by Crippen LogP contribution is 2.34. The fraction of sp³-hybridized carbons (Fsp3) is 0.448.